The molecule has 3 atom stereocenters. The van der Waals surface area contributed by atoms with Gasteiger partial charge >= 0.3 is 0 Å². The van der Waals surface area contributed by atoms with Gasteiger partial charge in [0.15, 0.2) is 0 Å². The number of carbonyl (C=O) groups excluding carboxylic acids is 1. The van der Waals surface area contributed by atoms with Crippen LogP contribution in [0, 0.1) is 5.92 Å². The third-order valence-corrected chi connectivity index (χ3v) is 6.49. The fourth-order valence-electron chi connectivity index (χ4n) is 4.92. The van der Waals surface area contributed by atoms with Crippen molar-refractivity contribution >= 4 is 18.0 Å². The van der Waals surface area contributed by atoms with Crippen LogP contribution in [0.4, 0.5) is 0 Å². The minimum Gasteiger partial charge on any atom is -0.381 e. The van der Waals surface area contributed by atoms with Crippen molar-refractivity contribution < 1.29 is 9.53 Å². The number of fused-ring (bicyclic) bond motifs is 1. The molecule has 2 saturated heterocycles. The van der Waals surface area contributed by atoms with Gasteiger partial charge in [-0.25, -0.2) is 10.0 Å². The van der Waals surface area contributed by atoms with Crippen molar-refractivity contribution in [1.82, 2.24) is 15.2 Å². The third kappa shape index (κ3) is 3.81. The Morgan fingerprint density at radius 3 is 2.76 bits per heavy atom. The molecule has 154 valence electrons. The number of nitrogens with zero attached hydrogens (tertiary/aromatic N) is 4. The molecule has 7 heteroatoms. The predicted molar refractivity (Wildman–Crippen MR) is 112 cm³/mol. The number of carbonyl (C=O) groups is 1. The number of amidine groups is 1. The van der Waals surface area contributed by atoms with E-state index in [4.69, 9.17) is 9.73 Å². The van der Waals surface area contributed by atoms with Gasteiger partial charge in [-0.1, -0.05) is 36.8 Å². The SMILES string of the molecule is O=C1N[C@@H]([C@H]2CCCCN2Cc2ccccc2)N=C2[C@@H]1C=NN2C1CCOCC1. The van der Waals surface area contributed by atoms with Crippen LogP contribution < -0.4 is 5.32 Å². The first kappa shape index (κ1) is 18.8. The highest BCUT2D eigenvalue weighted by molar-refractivity contribution is 6.18. The lowest BCUT2D eigenvalue weighted by Crippen LogP contribution is -2.58. The topological polar surface area (TPSA) is 69.5 Å². The Hall–Kier alpha value is -2.25. The van der Waals surface area contributed by atoms with Gasteiger partial charge in [-0.2, -0.15) is 5.10 Å². The van der Waals surface area contributed by atoms with Gasteiger partial charge in [0, 0.05) is 26.0 Å². The Balaban J connectivity index is 1.37. The smallest absolute Gasteiger partial charge is 0.238 e. The number of rotatable bonds is 4. The number of amides is 1. The van der Waals surface area contributed by atoms with Crippen molar-refractivity contribution in [2.24, 2.45) is 16.0 Å². The van der Waals surface area contributed by atoms with Crippen LogP contribution in [0.5, 0.6) is 0 Å². The fraction of sp³-hybridized carbons (Fsp3) is 0.591. The normalized spacial score (nSPS) is 30.8. The van der Waals surface area contributed by atoms with Gasteiger partial charge in [0.25, 0.3) is 0 Å². The van der Waals surface area contributed by atoms with Gasteiger partial charge in [0.05, 0.1) is 12.1 Å². The van der Waals surface area contributed by atoms with Crippen LogP contribution in [0.25, 0.3) is 0 Å². The van der Waals surface area contributed by atoms with Crippen LogP contribution in [-0.4, -0.2) is 65.9 Å². The van der Waals surface area contributed by atoms with E-state index in [9.17, 15) is 4.79 Å². The molecular formula is C22H29N5O2. The number of aliphatic imine (C=N–C) groups is 1. The lowest BCUT2D eigenvalue weighted by Gasteiger charge is -2.41. The van der Waals surface area contributed by atoms with Crippen LogP contribution >= 0.6 is 0 Å². The molecule has 5 rings (SSSR count). The third-order valence-electron chi connectivity index (χ3n) is 6.49. The van der Waals surface area contributed by atoms with Crippen LogP contribution in [0.3, 0.4) is 0 Å². The Morgan fingerprint density at radius 1 is 1.10 bits per heavy atom. The molecule has 2 fully saturated rings. The number of likely N-dealkylation sites (tertiary alicyclic amines) is 1. The van der Waals surface area contributed by atoms with Crippen molar-refractivity contribution in [3.63, 3.8) is 0 Å². The molecule has 0 radical (unpaired) electrons. The number of hydrazone groups is 1. The second-order valence-electron chi connectivity index (χ2n) is 8.39. The molecule has 0 spiro atoms. The van der Waals surface area contributed by atoms with Crippen LogP contribution in [-0.2, 0) is 16.1 Å². The molecule has 1 amide bonds. The number of nitrogens with one attached hydrogen (secondary N) is 1. The van der Waals surface area contributed by atoms with E-state index in [2.05, 4.69) is 45.6 Å². The first-order valence-electron chi connectivity index (χ1n) is 10.9. The van der Waals surface area contributed by atoms with Gasteiger partial charge in [-0.05, 0) is 37.8 Å². The second kappa shape index (κ2) is 8.24. The first-order chi connectivity index (χ1) is 14.3. The maximum absolute atomic E-state index is 12.9. The monoisotopic (exact) mass is 395 g/mol. The molecule has 4 heterocycles. The molecule has 7 nitrogen and oxygen atoms in total. The molecule has 0 aromatic heterocycles. The molecule has 0 aliphatic carbocycles. The molecule has 0 bridgehead atoms. The Morgan fingerprint density at radius 2 is 1.93 bits per heavy atom. The molecule has 1 aromatic carbocycles. The Labute approximate surface area is 171 Å². The van der Waals surface area contributed by atoms with E-state index in [0.29, 0.717) is 0 Å². The highest BCUT2D eigenvalue weighted by Crippen LogP contribution is 2.29. The van der Waals surface area contributed by atoms with Crippen LogP contribution in [0.2, 0.25) is 0 Å². The zero-order chi connectivity index (χ0) is 19.6. The van der Waals surface area contributed by atoms with E-state index in [0.717, 1.165) is 51.4 Å². The number of hydrogen-bond donors (Lipinski definition) is 1. The lowest BCUT2D eigenvalue weighted by atomic mass is 9.96. The maximum Gasteiger partial charge on any atom is 0.238 e. The van der Waals surface area contributed by atoms with Crippen molar-refractivity contribution in [2.75, 3.05) is 19.8 Å². The molecule has 4 aliphatic heterocycles. The van der Waals surface area contributed by atoms with E-state index in [-0.39, 0.29) is 30.1 Å². The van der Waals surface area contributed by atoms with Crippen LogP contribution in [0.15, 0.2) is 40.4 Å². The predicted octanol–water partition coefficient (Wildman–Crippen LogP) is 1.99. The van der Waals surface area contributed by atoms with Crippen molar-refractivity contribution in [1.29, 1.82) is 0 Å². The van der Waals surface area contributed by atoms with Crippen molar-refractivity contribution in [3.8, 4) is 0 Å². The number of benzene rings is 1. The molecule has 4 aliphatic rings. The minimum absolute atomic E-state index is 0.0311. The summed E-state index contributed by atoms with van der Waals surface area (Å²) in [5, 5.41) is 9.76. The summed E-state index contributed by atoms with van der Waals surface area (Å²) in [6, 6.07) is 11.1. The second-order valence-corrected chi connectivity index (χ2v) is 8.39. The zero-order valence-corrected chi connectivity index (χ0v) is 16.7. The van der Waals surface area contributed by atoms with Crippen molar-refractivity contribution in [2.45, 2.75) is 56.9 Å². The summed E-state index contributed by atoms with van der Waals surface area (Å²) in [5.74, 6) is 0.514. The van der Waals surface area contributed by atoms with E-state index >= 15 is 0 Å². The highest BCUT2D eigenvalue weighted by atomic mass is 16.5. The zero-order valence-electron chi connectivity index (χ0n) is 16.7. The molecular weight excluding hydrogens is 366 g/mol. The lowest BCUT2D eigenvalue weighted by molar-refractivity contribution is -0.123. The summed E-state index contributed by atoms with van der Waals surface area (Å²) in [6.07, 6.45) is 6.83. The minimum atomic E-state index is -0.347. The number of ether oxygens (including phenoxy) is 1. The molecule has 1 N–H and O–H groups in total. The molecule has 0 saturated carbocycles. The molecule has 1 aromatic rings. The van der Waals surface area contributed by atoms with Gasteiger partial charge < -0.3 is 10.1 Å². The van der Waals surface area contributed by atoms with Crippen molar-refractivity contribution in [3.05, 3.63) is 35.9 Å². The van der Waals surface area contributed by atoms with E-state index < -0.39 is 0 Å². The summed E-state index contributed by atoms with van der Waals surface area (Å²) in [7, 11) is 0. The average Bonchev–Trinajstić information content (AvgIpc) is 3.20. The summed E-state index contributed by atoms with van der Waals surface area (Å²) >= 11 is 0. The Bertz CT molecular complexity index is 790. The van der Waals surface area contributed by atoms with Gasteiger partial charge in [-0.15, -0.1) is 0 Å². The fourth-order valence-corrected chi connectivity index (χ4v) is 4.92. The number of piperidine rings is 1. The van der Waals surface area contributed by atoms with Crippen LogP contribution in [0.1, 0.15) is 37.7 Å². The quantitative estimate of drug-likeness (QED) is 0.847. The summed E-state index contributed by atoms with van der Waals surface area (Å²) in [6.45, 7) is 3.43. The summed E-state index contributed by atoms with van der Waals surface area (Å²) in [4.78, 5) is 20.4. The largest absolute Gasteiger partial charge is 0.381 e. The number of hydrogen-bond acceptors (Lipinski definition) is 6. The van der Waals surface area contributed by atoms with Gasteiger partial charge in [-0.3, -0.25) is 9.69 Å². The van der Waals surface area contributed by atoms with E-state index in [1.807, 2.05) is 5.01 Å². The highest BCUT2D eigenvalue weighted by Gasteiger charge is 2.43. The van der Waals surface area contributed by atoms with E-state index in [1.165, 1.54) is 18.4 Å². The standard InChI is InChI=1S/C22H29N5O2/c28-22-18-14-23-27(17-9-12-29-13-10-17)21(18)24-20(25-22)19-8-4-5-11-26(19)15-16-6-2-1-3-7-16/h1-3,6-7,14,17-20H,4-5,8-13,15H2,(H,25,28)/t18-,19+,20-/m0/s1. The maximum atomic E-state index is 12.9. The summed E-state index contributed by atoms with van der Waals surface area (Å²) in [5.41, 5.74) is 1.31. The molecule has 0 unspecified atom stereocenters. The van der Waals surface area contributed by atoms with E-state index in [1.54, 1.807) is 6.21 Å². The molecule has 29 heavy (non-hydrogen) atoms. The van der Waals surface area contributed by atoms with Gasteiger partial charge in [0.1, 0.15) is 17.9 Å². The Kier molecular flexibility index (Phi) is 5.33. The summed E-state index contributed by atoms with van der Waals surface area (Å²) < 4.78 is 5.50. The average molecular weight is 396 g/mol. The van der Waals surface area contributed by atoms with Gasteiger partial charge in [0.2, 0.25) is 5.91 Å². The first-order valence-corrected chi connectivity index (χ1v) is 10.9.